The first-order chi connectivity index (χ1) is 13.8. The average Bonchev–Trinajstić information content (AvgIpc) is 2.69. The monoisotopic (exact) mass is 408 g/mol. The number of hydrogen-bond donors (Lipinski definition) is 1. The summed E-state index contributed by atoms with van der Waals surface area (Å²) in [4.78, 5) is 24.6. The van der Waals surface area contributed by atoms with E-state index in [1.54, 1.807) is 0 Å². The molecule has 1 heterocycles. The minimum atomic E-state index is -1.81. The minimum Gasteiger partial charge on any atom is -0.494 e. The van der Waals surface area contributed by atoms with Crippen molar-refractivity contribution in [2.75, 3.05) is 0 Å². The zero-order valence-corrected chi connectivity index (χ0v) is 14.9. The van der Waals surface area contributed by atoms with Gasteiger partial charge in [0.1, 0.15) is 24.0 Å². The van der Waals surface area contributed by atoms with Gasteiger partial charge < -0.3 is 5.11 Å². The van der Waals surface area contributed by atoms with Gasteiger partial charge >= 0.3 is 5.69 Å². The van der Waals surface area contributed by atoms with Gasteiger partial charge in [-0.1, -0.05) is 24.3 Å². The third kappa shape index (κ3) is 4.56. The standard InChI is InChI=1S/C20H16F4N2O3/c21-14-5-1-12(2-6-14)16(23)10-25-18(27)9-19(28)26(20(25)29)11-17(24)13-3-7-15(22)8-4-13/h1-9,16-17,27H,10-11H2. The first-order valence-corrected chi connectivity index (χ1v) is 8.59. The van der Waals surface area contributed by atoms with Gasteiger partial charge in [-0.15, -0.1) is 0 Å². The van der Waals surface area contributed by atoms with Crippen LogP contribution in [0, 0.1) is 11.6 Å². The van der Waals surface area contributed by atoms with Gasteiger partial charge in [-0.2, -0.15) is 0 Å². The molecule has 0 bridgehead atoms. The van der Waals surface area contributed by atoms with Crippen LogP contribution in [0.3, 0.4) is 0 Å². The summed E-state index contributed by atoms with van der Waals surface area (Å²) in [7, 11) is 0. The number of rotatable bonds is 6. The number of alkyl halides is 2. The Hall–Kier alpha value is -3.36. The molecule has 0 amide bonds. The van der Waals surface area contributed by atoms with Gasteiger partial charge in [-0.25, -0.2) is 22.4 Å². The van der Waals surface area contributed by atoms with Crippen molar-refractivity contribution in [1.82, 2.24) is 9.13 Å². The average molecular weight is 408 g/mol. The fraction of sp³-hybridized carbons (Fsp3) is 0.200. The summed E-state index contributed by atoms with van der Waals surface area (Å²) in [5.41, 5.74) is -1.97. The molecule has 2 unspecified atom stereocenters. The molecule has 2 atom stereocenters. The van der Waals surface area contributed by atoms with Gasteiger partial charge in [0.2, 0.25) is 5.88 Å². The van der Waals surface area contributed by atoms with Crippen LogP contribution in [0.15, 0.2) is 64.2 Å². The van der Waals surface area contributed by atoms with Crippen molar-refractivity contribution in [1.29, 1.82) is 0 Å². The fourth-order valence-corrected chi connectivity index (χ4v) is 2.82. The van der Waals surface area contributed by atoms with Crippen molar-refractivity contribution in [3.05, 3.63) is 98.2 Å². The number of nitrogens with zero attached hydrogens (tertiary/aromatic N) is 2. The van der Waals surface area contributed by atoms with E-state index in [2.05, 4.69) is 0 Å². The van der Waals surface area contributed by atoms with Crippen LogP contribution in [0.2, 0.25) is 0 Å². The summed E-state index contributed by atoms with van der Waals surface area (Å²) >= 11 is 0. The molecule has 0 aliphatic carbocycles. The van der Waals surface area contributed by atoms with Crippen molar-refractivity contribution >= 4 is 0 Å². The molecule has 9 heteroatoms. The molecule has 0 aliphatic heterocycles. The molecule has 2 aromatic carbocycles. The largest absolute Gasteiger partial charge is 0.494 e. The summed E-state index contributed by atoms with van der Waals surface area (Å²) in [5, 5.41) is 9.91. The van der Waals surface area contributed by atoms with Crippen LogP contribution in [0.4, 0.5) is 17.6 Å². The highest BCUT2D eigenvalue weighted by molar-refractivity contribution is 5.20. The second-order valence-corrected chi connectivity index (χ2v) is 6.38. The minimum absolute atomic E-state index is 0.0482. The van der Waals surface area contributed by atoms with Gasteiger partial charge in [-0.3, -0.25) is 13.9 Å². The lowest BCUT2D eigenvalue weighted by Gasteiger charge is -2.16. The van der Waals surface area contributed by atoms with Crippen LogP contribution < -0.4 is 11.2 Å². The quantitative estimate of drug-likeness (QED) is 0.636. The maximum atomic E-state index is 14.5. The van der Waals surface area contributed by atoms with Crippen LogP contribution in [0.1, 0.15) is 23.5 Å². The molecule has 1 aromatic heterocycles. The van der Waals surface area contributed by atoms with Crippen molar-refractivity contribution in [2.24, 2.45) is 0 Å². The Morgan fingerprint density at radius 3 is 1.62 bits per heavy atom. The molecule has 3 rings (SSSR count). The fourth-order valence-electron chi connectivity index (χ4n) is 2.82. The second kappa shape index (κ2) is 8.34. The van der Waals surface area contributed by atoms with Crippen molar-refractivity contribution < 1.29 is 22.7 Å². The molecule has 0 fully saturated rings. The van der Waals surface area contributed by atoms with E-state index in [-0.39, 0.29) is 11.1 Å². The highest BCUT2D eigenvalue weighted by atomic mass is 19.1. The van der Waals surface area contributed by atoms with E-state index >= 15 is 0 Å². The molecular formula is C20H16F4N2O3. The zero-order chi connectivity index (χ0) is 21.1. The molecule has 152 valence electrons. The van der Waals surface area contributed by atoms with Gasteiger partial charge in [-0.05, 0) is 35.4 Å². The Balaban J connectivity index is 1.89. The third-order valence-corrected chi connectivity index (χ3v) is 4.41. The van der Waals surface area contributed by atoms with Crippen LogP contribution >= 0.6 is 0 Å². The zero-order valence-electron chi connectivity index (χ0n) is 14.9. The Morgan fingerprint density at radius 1 is 0.759 bits per heavy atom. The maximum Gasteiger partial charge on any atom is 0.333 e. The number of aromatic nitrogens is 2. The number of aromatic hydroxyl groups is 1. The Kier molecular flexibility index (Phi) is 5.86. The third-order valence-electron chi connectivity index (χ3n) is 4.41. The van der Waals surface area contributed by atoms with E-state index < -0.39 is 54.2 Å². The van der Waals surface area contributed by atoms with E-state index in [0.29, 0.717) is 15.2 Å². The highest BCUT2D eigenvalue weighted by Gasteiger charge is 2.20. The lowest BCUT2D eigenvalue weighted by Crippen LogP contribution is -2.40. The molecule has 0 aliphatic rings. The van der Waals surface area contributed by atoms with Crippen molar-refractivity contribution in [2.45, 2.75) is 25.4 Å². The SMILES string of the molecule is O=c1cc(O)n(CC(F)c2ccc(F)cc2)c(=O)n1CC(F)c1ccc(F)cc1. The molecule has 5 nitrogen and oxygen atoms in total. The molecule has 0 spiro atoms. The van der Waals surface area contributed by atoms with Gasteiger partial charge in [0.15, 0.2) is 0 Å². The van der Waals surface area contributed by atoms with Crippen LogP contribution in [0.25, 0.3) is 0 Å². The topological polar surface area (TPSA) is 64.2 Å². The van der Waals surface area contributed by atoms with Gasteiger partial charge in [0.25, 0.3) is 5.56 Å². The number of benzene rings is 2. The van der Waals surface area contributed by atoms with Gasteiger partial charge in [0.05, 0.1) is 19.2 Å². The predicted octanol–water partition coefficient (Wildman–Crippen LogP) is 3.42. The summed E-state index contributed by atoms with van der Waals surface area (Å²) < 4.78 is 56.1. The van der Waals surface area contributed by atoms with E-state index in [0.717, 1.165) is 24.3 Å². The Morgan fingerprint density at radius 2 is 1.17 bits per heavy atom. The van der Waals surface area contributed by atoms with Crippen molar-refractivity contribution in [3.63, 3.8) is 0 Å². The first kappa shape index (κ1) is 20.4. The van der Waals surface area contributed by atoms with E-state index in [1.165, 1.54) is 24.3 Å². The first-order valence-electron chi connectivity index (χ1n) is 8.59. The summed E-state index contributed by atoms with van der Waals surface area (Å²) in [5.74, 6) is -1.91. The van der Waals surface area contributed by atoms with Crippen LogP contribution in [-0.2, 0) is 13.1 Å². The summed E-state index contributed by atoms with van der Waals surface area (Å²) in [6, 6.07) is 9.56. The molecule has 29 heavy (non-hydrogen) atoms. The highest BCUT2D eigenvalue weighted by Crippen LogP contribution is 2.22. The second-order valence-electron chi connectivity index (χ2n) is 6.38. The maximum absolute atomic E-state index is 14.5. The molecular weight excluding hydrogens is 392 g/mol. The lowest BCUT2D eigenvalue weighted by molar-refractivity contribution is 0.261. The smallest absolute Gasteiger partial charge is 0.333 e. The Bertz CT molecular complexity index is 1110. The summed E-state index contributed by atoms with van der Waals surface area (Å²) in [6.07, 6.45) is -3.60. The normalized spacial score (nSPS) is 13.2. The predicted molar refractivity (Wildman–Crippen MR) is 97.1 cm³/mol. The number of hydrogen-bond acceptors (Lipinski definition) is 3. The Labute approximate surface area is 162 Å². The van der Waals surface area contributed by atoms with E-state index in [1.807, 2.05) is 0 Å². The summed E-state index contributed by atoms with van der Waals surface area (Å²) in [6.45, 7) is -1.36. The molecule has 0 radical (unpaired) electrons. The molecule has 1 N–H and O–H groups in total. The van der Waals surface area contributed by atoms with Crippen LogP contribution in [0.5, 0.6) is 5.88 Å². The molecule has 3 aromatic rings. The van der Waals surface area contributed by atoms with E-state index in [4.69, 9.17) is 0 Å². The van der Waals surface area contributed by atoms with Crippen molar-refractivity contribution in [3.8, 4) is 5.88 Å². The molecule has 0 saturated heterocycles. The molecule has 0 saturated carbocycles. The van der Waals surface area contributed by atoms with E-state index in [9.17, 15) is 32.3 Å². The van der Waals surface area contributed by atoms with Crippen LogP contribution in [-0.4, -0.2) is 14.2 Å². The lowest BCUT2D eigenvalue weighted by atomic mass is 10.1. The van der Waals surface area contributed by atoms with Gasteiger partial charge in [0, 0.05) is 0 Å². The number of halogens is 4.